The number of likely N-dealkylation sites (tertiary alicyclic amines) is 1. The number of amides is 1. The highest BCUT2D eigenvalue weighted by Crippen LogP contribution is 2.38. The number of carbonyl (C=O) groups is 2. The monoisotopic (exact) mass is 366 g/mol. The molecule has 26 heavy (non-hydrogen) atoms. The van der Waals surface area contributed by atoms with Gasteiger partial charge in [0, 0.05) is 25.8 Å². The number of nitro groups is 1. The maximum absolute atomic E-state index is 13.0. The van der Waals surface area contributed by atoms with Gasteiger partial charge in [-0.2, -0.15) is 0 Å². The summed E-state index contributed by atoms with van der Waals surface area (Å²) in [7, 11) is 1.48. The molecule has 10 nitrogen and oxygen atoms in total. The number of methoxy groups -OCH3 is 1. The summed E-state index contributed by atoms with van der Waals surface area (Å²) in [5, 5.41) is 20.5. The zero-order chi connectivity index (χ0) is 18.8. The zero-order valence-corrected chi connectivity index (χ0v) is 14.0. The van der Waals surface area contributed by atoms with Crippen LogP contribution in [0, 0.1) is 10.1 Å². The maximum Gasteiger partial charge on any atom is 0.305 e. The van der Waals surface area contributed by atoms with Gasteiger partial charge in [-0.3, -0.25) is 19.7 Å². The lowest BCUT2D eigenvalue weighted by Crippen LogP contribution is -2.37. The molecule has 2 atom stereocenters. The number of hydrogen-bond acceptors (Lipinski definition) is 7. The molecule has 2 unspecified atom stereocenters. The van der Waals surface area contributed by atoms with Crippen LogP contribution in [-0.4, -0.2) is 65.8 Å². The normalized spacial score (nSPS) is 21.5. The Morgan fingerprint density at radius 2 is 2.00 bits per heavy atom. The second-order valence-corrected chi connectivity index (χ2v) is 6.07. The summed E-state index contributed by atoms with van der Waals surface area (Å²) in [6, 6.07) is 1.85. The number of benzene rings is 1. The molecule has 0 spiro atoms. The van der Waals surface area contributed by atoms with Gasteiger partial charge in [-0.25, -0.2) is 0 Å². The van der Waals surface area contributed by atoms with Gasteiger partial charge in [-0.15, -0.1) is 0 Å². The summed E-state index contributed by atoms with van der Waals surface area (Å²) in [6.07, 6.45) is -0.226. The largest absolute Gasteiger partial charge is 0.486 e. The number of ether oxygens (including phenoxy) is 3. The molecule has 0 saturated carbocycles. The van der Waals surface area contributed by atoms with Gasteiger partial charge >= 0.3 is 5.97 Å². The average Bonchev–Trinajstić information content (AvgIpc) is 3.02. The van der Waals surface area contributed by atoms with Crippen LogP contribution in [-0.2, 0) is 9.53 Å². The van der Waals surface area contributed by atoms with Crippen LogP contribution in [0.1, 0.15) is 23.2 Å². The molecular formula is C16H18N2O8. The molecule has 0 bridgehead atoms. The van der Waals surface area contributed by atoms with Gasteiger partial charge in [-0.05, 0) is 6.42 Å². The number of rotatable bonds is 5. The summed E-state index contributed by atoms with van der Waals surface area (Å²) in [4.78, 5) is 36.2. The number of nitro benzene ring substituents is 1. The van der Waals surface area contributed by atoms with Crippen molar-refractivity contribution in [2.75, 3.05) is 26.9 Å². The van der Waals surface area contributed by atoms with E-state index < -0.39 is 28.5 Å². The van der Waals surface area contributed by atoms with Gasteiger partial charge in [0.15, 0.2) is 11.5 Å². The van der Waals surface area contributed by atoms with Crippen molar-refractivity contribution in [3.63, 3.8) is 0 Å². The van der Waals surface area contributed by atoms with Crippen molar-refractivity contribution in [3.8, 4) is 11.5 Å². The predicted octanol–water partition coefficient (Wildman–Crippen LogP) is 1.07. The molecule has 10 heteroatoms. The number of carboxylic acid groups (broad SMARTS) is 1. The first-order valence-corrected chi connectivity index (χ1v) is 8.04. The van der Waals surface area contributed by atoms with E-state index in [4.69, 9.17) is 19.3 Å². The van der Waals surface area contributed by atoms with Crippen LogP contribution < -0.4 is 9.47 Å². The number of hydrogen-bond donors (Lipinski definition) is 1. The molecule has 1 amide bonds. The summed E-state index contributed by atoms with van der Waals surface area (Å²) in [5.74, 6) is -1.22. The number of nitrogens with zero attached hydrogens (tertiary/aromatic N) is 2. The van der Waals surface area contributed by atoms with E-state index in [0.29, 0.717) is 6.42 Å². The molecule has 1 N–H and O–H groups in total. The van der Waals surface area contributed by atoms with Crippen molar-refractivity contribution in [2.24, 2.45) is 0 Å². The van der Waals surface area contributed by atoms with Crippen molar-refractivity contribution in [2.45, 2.75) is 25.0 Å². The van der Waals surface area contributed by atoms with Gasteiger partial charge in [0.05, 0.1) is 23.5 Å². The Morgan fingerprint density at radius 3 is 2.58 bits per heavy atom. The molecule has 1 aromatic rings. The molecule has 2 aliphatic rings. The van der Waals surface area contributed by atoms with Gasteiger partial charge in [0.25, 0.3) is 11.6 Å². The zero-order valence-electron chi connectivity index (χ0n) is 14.0. The Morgan fingerprint density at radius 1 is 1.35 bits per heavy atom. The lowest BCUT2D eigenvalue weighted by atomic mass is 10.1. The van der Waals surface area contributed by atoms with Gasteiger partial charge in [-0.1, -0.05) is 0 Å². The number of carbonyl (C=O) groups excluding carboxylic acids is 1. The fourth-order valence-corrected chi connectivity index (χ4v) is 3.24. The lowest BCUT2D eigenvalue weighted by molar-refractivity contribution is -0.385. The summed E-state index contributed by atoms with van der Waals surface area (Å²) >= 11 is 0. The fraction of sp³-hybridized carbons (Fsp3) is 0.500. The smallest absolute Gasteiger partial charge is 0.305 e. The molecule has 1 aromatic carbocycles. The summed E-state index contributed by atoms with van der Waals surface area (Å²) < 4.78 is 16.0. The van der Waals surface area contributed by atoms with Crippen molar-refractivity contribution in [1.82, 2.24) is 4.90 Å². The highest BCUT2D eigenvalue weighted by molar-refractivity contribution is 5.99. The van der Waals surface area contributed by atoms with E-state index in [0.717, 1.165) is 6.07 Å². The Balaban J connectivity index is 1.97. The van der Waals surface area contributed by atoms with Crippen LogP contribution in [0.3, 0.4) is 0 Å². The Labute approximate surface area is 148 Å². The molecule has 140 valence electrons. The van der Waals surface area contributed by atoms with E-state index in [9.17, 15) is 19.7 Å². The number of carboxylic acids is 1. The van der Waals surface area contributed by atoms with Crippen molar-refractivity contribution < 1.29 is 33.8 Å². The first-order valence-electron chi connectivity index (χ1n) is 8.04. The van der Waals surface area contributed by atoms with Gasteiger partial charge in [0.2, 0.25) is 0 Å². The van der Waals surface area contributed by atoms with Crippen LogP contribution >= 0.6 is 0 Å². The fourth-order valence-electron chi connectivity index (χ4n) is 3.24. The Hall–Kier alpha value is -2.88. The van der Waals surface area contributed by atoms with Crippen LogP contribution in [0.4, 0.5) is 5.69 Å². The number of aliphatic carboxylic acids is 1. The first kappa shape index (κ1) is 17.9. The third-order valence-corrected chi connectivity index (χ3v) is 4.47. The van der Waals surface area contributed by atoms with Gasteiger partial charge < -0.3 is 24.2 Å². The standard InChI is InChI=1S/C16H18N2O8/c1-24-10-4-9(5-15(19)20)17(8-10)16(21)11-6-13-14(26-3-2-25-13)7-12(11)18(22)23/h6-7,9-10H,2-5,8H2,1H3,(H,19,20). The van der Waals surface area contributed by atoms with E-state index in [1.54, 1.807) is 0 Å². The molecule has 2 aliphatic heterocycles. The minimum absolute atomic E-state index is 0.161. The molecule has 0 aromatic heterocycles. The Kier molecular flexibility index (Phi) is 4.94. The second-order valence-electron chi connectivity index (χ2n) is 6.07. The minimum atomic E-state index is -1.05. The third kappa shape index (κ3) is 3.40. The highest BCUT2D eigenvalue weighted by Gasteiger charge is 2.39. The van der Waals surface area contributed by atoms with Crippen molar-refractivity contribution in [1.29, 1.82) is 0 Å². The number of fused-ring (bicyclic) bond motifs is 1. The van der Waals surface area contributed by atoms with Crippen LogP contribution in [0.15, 0.2) is 12.1 Å². The third-order valence-electron chi connectivity index (χ3n) is 4.47. The highest BCUT2D eigenvalue weighted by atomic mass is 16.6. The van der Waals surface area contributed by atoms with E-state index in [-0.39, 0.29) is 49.3 Å². The molecule has 2 heterocycles. The molecule has 0 radical (unpaired) electrons. The van der Waals surface area contributed by atoms with E-state index in [1.807, 2.05) is 0 Å². The van der Waals surface area contributed by atoms with Gasteiger partial charge in [0.1, 0.15) is 18.8 Å². The van der Waals surface area contributed by atoms with Crippen LogP contribution in [0.25, 0.3) is 0 Å². The average molecular weight is 366 g/mol. The SMILES string of the molecule is COC1CC(CC(=O)O)N(C(=O)c2cc3c(cc2[N+](=O)[O-])OCCO3)C1. The molecular weight excluding hydrogens is 348 g/mol. The quantitative estimate of drug-likeness (QED) is 0.605. The van der Waals surface area contributed by atoms with E-state index in [1.165, 1.54) is 18.1 Å². The second kappa shape index (κ2) is 7.16. The van der Waals surface area contributed by atoms with Crippen LogP contribution in [0.2, 0.25) is 0 Å². The van der Waals surface area contributed by atoms with Crippen molar-refractivity contribution in [3.05, 3.63) is 27.8 Å². The molecule has 0 aliphatic carbocycles. The summed E-state index contributed by atoms with van der Waals surface area (Å²) in [5.41, 5.74) is -0.569. The molecule has 1 saturated heterocycles. The first-order chi connectivity index (χ1) is 12.4. The van der Waals surface area contributed by atoms with E-state index in [2.05, 4.69) is 0 Å². The predicted molar refractivity (Wildman–Crippen MR) is 86.6 cm³/mol. The van der Waals surface area contributed by atoms with Crippen molar-refractivity contribution >= 4 is 17.6 Å². The topological polar surface area (TPSA) is 128 Å². The summed E-state index contributed by atoms with van der Waals surface area (Å²) in [6.45, 7) is 0.703. The maximum atomic E-state index is 13.0. The Bertz CT molecular complexity index is 750. The lowest BCUT2D eigenvalue weighted by Gasteiger charge is -2.24. The molecule has 3 rings (SSSR count). The van der Waals surface area contributed by atoms with E-state index >= 15 is 0 Å². The minimum Gasteiger partial charge on any atom is -0.486 e. The molecule has 1 fully saturated rings. The van der Waals surface area contributed by atoms with Crippen LogP contribution in [0.5, 0.6) is 11.5 Å².